The van der Waals surface area contributed by atoms with Gasteiger partial charge < -0.3 is 20.0 Å². The number of hydrogen-bond acceptors (Lipinski definition) is 4. The van der Waals surface area contributed by atoms with E-state index in [1.807, 2.05) is 0 Å². The minimum Gasteiger partial charge on any atom is -0.459 e. The van der Waals surface area contributed by atoms with Crippen LogP contribution >= 0.6 is 0 Å². The minimum absolute atomic E-state index is 0.0112. The third kappa shape index (κ3) is 2.85. The highest BCUT2D eigenvalue weighted by molar-refractivity contribution is 5.94. The summed E-state index contributed by atoms with van der Waals surface area (Å²) >= 11 is 0. The van der Waals surface area contributed by atoms with Crippen LogP contribution < -0.4 is 10.6 Å². The lowest BCUT2D eigenvalue weighted by Crippen LogP contribution is -2.58. The fourth-order valence-electron chi connectivity index (χ4n) is 3.04. The molecule has 0 spiro atoms. The molecule has 3 aliphatic rings. The van der Waals surface area contributed by atoms with Crippen LogP contribution in [0.15, 0.2) is 22.8 Å². The van der Waals surface area contributed by atoms with Gasteiger partial charge in [0, 0.05) is 12.6 Å². The molecule has 1 aromatic rings. The number of amides is 2. The van der Waals surface area contributed by atoms with Crippen LogP contribution in [-0.2, 0) is 4.79 Å². The smallest absolute Gasteiger partial charge is 0.287 e. The molecular weight excluding hydrogens is 258 g/mol. The van der Waals surface area contributed by atoms with Crippen molar-refractivity contribution in [2.75, 3.05) is 26.2 Å². The molecule has 4 heterocycles. The van der Waals surface area contributed by atoms with Crippen LogP contribution in [0.5, 0.6) is 0 Å². The van der Waals surface area contributed by atoms with Gasteiger partial charge in [0.2, 0.25) is 5.91 Å². The number of furan rings is 1. The second kappa shape index (κ2) is 5.66. The molecule has 6 nitrogen and oxygen atoms in total. The molecule has 1 atom stereocenters. The minimum atomic E-state index is -0.362. The van der Waals surface area contributed by atoms with E-state index in [2.05, 4.69) is 15.5 Å². The van der Waals surface area contributed by atoms with Crippen molar-refractivity contribution in [2.24, 2.45) is 5.92 Å². The highest BCUT2D eigenvalue weighted by atomic mass is 16.3. The number of fused-ring (bicyclic) bond motifs is 3. The second-order valence-electron chi connectivity index (χ2n) is 5.47. The van der Waals surface area contributed by atoms with Gasteiger partial charge in [0.25, 0.3) is 5.91 Å². The van der Waals surface area contributed by atoms with E-state index in [-0.39, 0.29) is 30.2 Å². The molecule has 2 N–H and O–H groups in total. The standard InChI is InChI=1S/C14H19N3O3/c18-13(8-15-14(19)12-2-1-7-20-12)16-11-9-17-5-3-10(11)4-6-17/h1-2,7,10-11H,3-6,8-9H2,(H,15,19)(H,16,18). The lowest BCUT2D eigenvalue weighted by molar-refractivity contribution is -0.122. The number of hydrogen-bond donors (Lipinski definition) is 2. The van der Waals surface area contributed by atoms with Gasteiger partial charge in [-0.2, -0.15) is 0 Å². The Morgan fingerprint density at radius 2 is 2.15 bits per heavy atom. The normalized spacial score (nSPS) is 28.1. The quantitative estimate of drug-likeness (QED) is 0.825. The predicted octanol–water partition coefficient (Wildman–Crippen LogP) is 0.220. The third-order valence-corrected chi connectivity index (χ3v) is 4.16. The maximum absolute atomic E-state index is 11.9. The Balaban J connectivity index is 1.45. The average molecular weight is 277 g/mol. The molecule has 0 radical (unpaired) electrons. The Bertz CT molecular complexity index is 478. The van der Waals surface area contributed by atoms with Gasteiger partial charge in [0.1, 0.15) is 0 Å². The van der Waals surface area contributed by atoms with E-state index < -0.39 is 0 Å². The van der Waals surface area contributed by atoms with Crippen LogP contribution in [0.25, 0.3) is 0 Å². The lowest BCUT2D eigenvalue weighted by Gasteiger charge is -2.44. The maximum Gasteiger partial charge on any atom is 0.287 e. The van der Waals surface area contributed by atoms with E-state index in [0.29, 0.717) is 5.92 Å². The van der Waals surface area contributed by atoms with Gasteiger partial charge in [0.05, 0.1) is 12.8 Å². The molecule has 1 unspecified atom stereocenters. The van der Waals surface area contributed by atoms with E-state index in [4.69, 9.17) is 4.42 Å². The first-order valence-corrected chi connectivity index (χ1v) is 7.06. The summed E-state index contributed by atoms with van der Waals surface area (Å²) in [7, 11) is 0. The number of piperidine rings is 3. The zero-order chi connectivity index (χ0) is 13.9. The first-order chi connectivity index (χ1) is 9.72. The number of carbonyl (C=O) groups excluding carboxylic acids is 2. The summed E-state index contributed by atoms with van der Waals surface area (Å²) in [5, 5.41) is 5.59. The molecule has 0 aliphatic carbocycles. The Hall–Kier alpha value is -1.82. The first-order valence-electron chi connectivity index (χ1n) is 7.06. The van der Waals surface area contributed by atoms with Gasteiger partial charge in [-0.1, -0.05) is 0 Å². The van der Waals surface area contributed by atoms with Gasteiger partial charge in [-0.15, -0.1) is 0 Å². The SMILES string of the molecule is O=C(CNC(=O)c1ccco1)NC1CN2CCC1CC2. The summed E-state index contributed by atoms with van der Waals surface area (Å²) < 4.78 is 4.97. The van der Waals surface area contributed by atoms with Gasteiger partial charge >= 0.3 is 0 Å². The fourth-order valence-corrected chi connectivity index (χ4v) is 3.04. The average Bonchev–Trinajstić information content (AvgIpc) is 3.00. The lowest BCUT2D eigenvalue weighted by atomic mass is 9.84. The highest BCUT2D eigenvalue weighted by Gasteiger charge is 2.34. The van der Waals surface area contributed by atoms with Crippen molar-refractivity contribution < 1.29 is 14.0 Å². The Labute approximate surface area is 117 Å². The summed E-state index contributed by atoms with van der Waals surface area (Å²) in [5.74, 6) is 0.313. The molecule has 3 fully saturated rings. The van der Waals surface area contributed by atoms with Crippen molar-refractivity contribution in [1.29, 1.82) is 0 Å². The zero-order valence-corrected chi connectivity index (χ0v) is 11.3. The van der Waals surface area contributed by atoms with E-state index >= 15 is 0 Å². The Morgan fingerprint density at radius 3 is 2.75 bits per heavy atom. The van der Waals surface area contributed by atoms with E-state index in [1.165, 1.54) is 6.26 Å². The van der Waals surface area contributed by atoms with Gasteiger partial charge in [-0.25, -0.2) is 0 Å². The second-order valence-corrected chi connectivity index (χ2v) is 5.47. The highest BCUT2D eigenvalue weighted by Crippen LogP contribution is 2.27. The summed E-state index contributed by atoms with van der Waals surface area (Å²) in [6.45, 7) is 3.21. The van der Waals surface area contributed by atoms with Crippen LogP contribution in [0.3, 0.4) is 0 Å². The van der Waals surface area contributed by atoms with Crippen LogP contribution in [0.2, 0.25) is 0 Å². The van der Waals surface area contributed by atoms with Crippen LogP contribution in [0.4, 0.5) is 0 Å². The molecule has 3 aliphatic heterocycles. The third-order valence-electron chi connectivity index (χ3n) is 4.16. The molecule has 1 aromatic heterocycles. The summed E-state index contributed by atoms with van der Waals surface area (Å²) in [6, 6.07) is 3.44. The van der Waals surface area contributed by atoms with Gasteiger partial charge in [-0.3, -0.25) is 9.59 Å². The molecule has 0 aromatic carbocycles. The van der Waals surface area contributed by atoms with Crippen molar-refractivity contribution >= 4 is 11.8 Å². The molecular formula is C14H19N3O3. The van der Waals surface area contributed by atoms with Crippen molar-refractivity contribution in [1.82, 2.24) is 15.5 Å². The molecule has 6 heteroatoms. The zero-order valence-electron chi connectivity index (χ0n) is 11.3. The van der Waals surface area contributed by atoms with Gasteiger partial charge in [0.15, 0.2) is 5.76 Å². The largest absolute Gasteiger partial charge is 0.459 e. The number of nitrogens with zero attached hydrogens (tertiary/aromatic N) is 1. The first kappa shape index (κ1) is 13.2. The maximum atomic E-state index is 11.9. The van der Waals surface area contributed by atoms with E-state index in [9.17, 15) is 9.59 Å². The monoisotopic (exact) mass is 277 g/mol. The van der Waals surface area contributed by atoms with Gasteiger partial charge in [-0.05, 0) is 44.0 Å². The number of nitrogens with one attached hydrogen (secondary N) is 2. The topological polar surface area (TPSA) is 74.6 Å². The molecule has 108 valence electrons. The summed E-state index contributed by atoms with van der Waals surface area (Å²) in [6.07, 6.45) is 3.75. The molecule has 0 saturated carbocycles. The molecule has 20 heavy (non-hydrogen) atoms. The fraction of sp³-hybridized carbons (Fsp3) is 0.571. The predicted molar refractivity (Wildman–Crippen MR) is 72.1 cm³/mol. The molecule has 4 rings (SSSR count). The van der Waals surface area contributed by atoms with Crippen LogP contribution in [0.1, 0.15) is 23.4 Å². The number of carbonyl (C=O) groups is 2. The molecule has 2 amide bonds. The summed E-state index contributed by atoms with van der Waals surface area (Å²) in [4.78, 5) is 25.9. The Morgan fingerprint density at radius 1 is 1.35 bits per heavy atom. The van der Waals surface area contributed by atoms with Crippen molar-refractivity contribution in [3.8, 4) is 0 Å². The van der Waals surface area contributed by atoms with Crippen molar-refractivity contribution in [3.05, 3.63) is 24.2 Å². The number of rotatable bonds is 4. The molecule has 3 saturated heterocycles. The van der Waals surface area contributed by atoms with E-state index in [0.717, 1.165) is 32.5 Å². The van der Waals surface area contributed by atoms with Crippen molar-refractivity contribution in [2.45, 2.75) is 18.9 Å². The van der Waals surface area contributed by atoms with Crippen molar-refractivity contribution in [3.63, 3.8) is 0 Å². The van der Waals surface area contributed by atoms with Crippen LogP contribution in [0, 0.1) is 5.92 Å². The Kier molecular flexibility index (Phi) is 3.73. The summed E-state index contributed by atoms with van der Waals surface area (Å²) in [5.41, 5.74) is 0. The van der Waals surface area contributed by atoms with Crippen LogP contribution in [-0.4, -0.2) is 48.9 Å². The van der Waals surface area contributed by atoms with E-state index in [1.54, 1.807) is 12.1 Å². The molecule has 2 bridgehead atoms.